The molecule has 1 aliphatic rings. The Kier molecular flexibility index (Phi) is 4.64. The number of hydrogen-bond donors (Lipinski definition) is 2. The van der Waals surface area contributed by atoms with Crippen molar-refractivity contribution in [3.05, 3.63) is 39.9 Å². The average Bonchev–Trinajstić information content (AvgIpc) is 3.00. The molecule has 0 spiro atoms. The van der Waals surface area contributed by atoms with Crippen molar-refractivity contribution in [3.8, 4) is 11.3 Å². The van der Waals surface area contributed by atoms with Crippen molar-refractivity contribution >= 4 is 35.0 Å². The molecule has 96 valence electrons. The smallest absolute Gasteiger partial charge is 0.123 e. The van der Waals surface area contributed by atoms with Crippen molar-refractivity contribution in [2.24, 2.45) is 0 Å². The van der Waals surface area contributed by atoms with Crippen molar-refractivity contribution < 1.29 is 0 Å². The van der Waals surface area contributed by atoms with E-state index >= 15 is 0 Å². The number of nitrogens with one attached hydrogen (secondary N) is 2. The van der Waals surface area contributed by atoms with Gasteiger partial charge in [-0.25, -0.2) is 4.98 Å². The van der Waals surface area contributed by atoms with E-state index in [9.17, 15) is 0 Å². The van der Waals surface area contributed by atoms with Gasteiger partial charge in [0.1, 0.15) is 5.82 Å². The summed E-state index contributed by atoms with van der Waals surface area (Å²) >= 11 is 2.32. The molecular formula is C13H15ClIN3. The summed E-state index contributed by atoms with van der Waals surface area (Å²) in [5.41, 5.74) is 2.30. The number of hydrogen-bond acceptors (Lipinski definition) is 2. The highest BCUT2D eigenvalue weighted by Gasteiger charge is 2.19. The number of rotatable bonds is 2. The molecule has 1 aromatic heterocycles. The Morgan fingerprint density at radius 3 is 2.67 bits per heavy atom. The van der Waals surface area contributed by atoms with Crippen LogP contribution in [0.4, 0.5) is 0 Å². The number of H-pyrrole nitrogens is 1. The molecule has 0 radical (unpaired) electrons. The SMILES string of the molecule is Cl.Ic1ccc(-c2cnc([C@@H]3CCCN3)[nH]2)cc1. The Morgan fingerprint density at radius 1 is 1.22 bits per heavy atom. The zero-order valence-electron chi connectivity index (χ0n) is 9.82. The van der Waals surface area contributed by atoms with Gasteiger partial charge in [0.15, 0.2) is 0 Å². The summed E-state index contributed by atoms with van der Waals surface area (Å²) in [4.78, 5) is 7.89. The van der Waals surface area contributed by atoms with Crippen LogP contribution in [0, 0.1) is 3.57 Å². The lowest BCUT2D eigenvalue weighted by Gasteiger charge is -2.05. The van der Waals surface area contributed by atoms with Gasteiger partial charge >= 0.3 is 0 Å². The van der Waals surface area contributed by atoms with Crippen LogP contribution in [0.25, 0.3) is 11.3 Å². The zero-order chi connectivity index (χ0) is 11.7. The second kappa shape index (κ2) is 6.04. The molecule has 0 aliphatic carbocycles. The molecule has 1 atom stereocenters. The maximum absolute atomic E-state index is 4.48. The standard InChI is InChI=1S/C13H14IN3.ClH/c14-10-5-3-9(4-6-10)12-8-16-13(17-12)11-2-1-7-15-11;/h3-6,8,11,15H,1-2,7H2,(H,16,17);1H/t11-;/m0./s1. The van der Waals surface area contributed by atoms with Gasteiger partial charge < -0.3 is 10.3 Å². The van der Waals surface area contributed by atoms with Crippen LogP contribution in [0.1, 0.15) is 24.7 Å². The van der Waals surface area contributed by atoms with E-state index < -0.39 is 0 Å². The predicted octanol–water partition coefficient (Wildman–Crippen LogP) is 3.53. The van der Waals surface area contributed by atoms with E-state index in [0.29, 0.717) is 6.04 Å². The van der Waals surface area contributed by atoms with Crippen molar-refractivity contribution in [1.82, 2.24) is 15.3 Å². The number of imidazole rings is 1. The molecule has 5 heteroatoms. The molecule has 0 bridgehead atoms. The summed E-state index contributed by atoms with van der Waals surface area (Å²) in [6.45, 7) is 1.10. The normalized spacial score (nSPS) is 18.6. The lowest BCUT2D eigenvalue weighted by molar-refractivity contribution is 0.613. The molecule has 2 N–H and O–H groups in total. The van der Waals surface area contributed by atoms with Crippen LogP contribution in [0.5, 0.6) is 0 Å². The van der Waals surface area contributed by atoms with E-state index in [1.165, 1.54) is 22.0 Å². The molecule has 1 fully saturated rings. The van der Waals surface area contributed by atoms with Gasteiger partial charge in [-0.3, -0.25) is 0 Å². The molecule has 2 heterocycles. The maximum atomic E-state index is 4.48. The average molecular weight is 376 g/mol. The number of nitrogens with zero attached hydrogens (tertiary/aromatic N) is 1. The minimum Gasteiger partial charge on any atom is -0.341 e. The summed E-state index contributed by atoms with van der Waals surface area (Å²) in [6, 6.07) is 8.89. The van der Waals surface area contributed by atoms with Gasteiger partial charge in [0.25, 0.3) is 0 Å². The predicted molar refractivity (Wildman–Crippen MR) is 84.0 cm³/mol. The largest absolute Gasteiger partial charge is 0.341 e. The Morgan fingerprint density at radius 2 is 2.00 bits per heavy atom. The van der Waals surface area contributed by atoms with E-state index in [0.717, 1.165) is 18.1 Å². The molecule has 1 aromatic carbocycles. The number of aromatic amines is 1. The number of aromatic nitrogens is 2. The first-order valence-corrected chi connectivity index (χ1v) is 6.95. The molecule has 3 nitrogen and oxygen atoms in total. The van der Waals surface area contributed by atoms with Crippen molar-refractivity contribution in [2.45, 2.75) is 18.9 Å². The van der Waals surface area contributed by atoms with Gasteiger partial charge in [-0.05, 0) is 59.7 Å². The quantitative estimate of drug-likeness (QED) is 0.789. The van der Waals surface area contributed by atoms with Crippen LogP contribution in [-0.2, 0) is 0 Å². The highest BCUT2D eigenvalue weighted by Crippen LogP contribution is 2.24. The van der Waals surface area contributed by atoms with E-state index in [1.807, 2.05) is 6.20 Å². The first-order valence-electron chi connectivity index (χ1n) is 5.87. The first kappa shape index (κ1) is 13.8. The Balaban J connectivity index is 0.00000120. The first-order chi connectivity index (χ1) is 8.33. The van der Waals surface area contributed by atoms with Gasteiger partial charge in [0, 0.05) is 3.57 Å². The summed E-state index contributed by atoms with van der Waals surface area (Å²) in [7, 11) is 0. The number of benzene rings is 1. The second-order valence-electron chi connectivity index (χ2n) is 4.34. The lowest BCUT2D eigenvalue weighted by atomic mass is 10.2. The molecule has 0 saturated carbocycles. The molecule has 0 amide bonds. The van der Waals surface area contributed by atoms with Crippen molar-refractivity contribution in [2.75, 3.05) is 6.54 Å². The second-order valence-corrected chi connectivity index (χ2v) is 5.58. The van der Waals surface area contributed by atoms with Gasteiger partial charge in [0.05, 0.1) is 17.9 Å². The minimum atomic E-state index is 0. The zero-order valence-corrected chi connectivity index (χ0v) is 12.8. The van der Waals surface area contributed by atoms with Crippen LogP contribution in [-0.4, -0.2) is 16.5 Å². The summed E-state index contributed by atoms with van der Waals surface area (Å²) in [6.07, 6.45) is 4.35. The van der Waals surface area contributed by atoms with E-state index in [-0.39, 0.29) is 12.4 Å². The lowest BCUT2D eigenvalue weighted by Crippen LogP contribution is -2.14. The van der Waals surface area contributed by atoms with Crippen molar-refractivity contribution in [1.29, 1.82) is 0 Å². The van der Waals surface area contributed by atoms with Gasteiger partial charge in [-0.15, -0.1) is 12.4 Å². The Hall–Kier alpha value is -0.590. The molecule has 18 heavy (non-hydrogen) atoms. The molecule has 2 aromatic rings. The summed E-state index contributed by atoms with van der Waals surface area (Å²) in [5, 5.41) is 3.45. The van der Waals surface area contributed by atoms with Gasteiger partial charge in [-0.1, -0.05) is 12.1 Å². The van der Waals surface area contributed by atoms with Crippen LogP contribution < -0.4 is 5.32 Å². The van der Waals surface area contributed by atoms with E-state index in [2.05, 4.69) is 62.1 Å². The Labute approximate surface area is 126 Å². The van der Waals surface area contributed by atoms with E-state index in [1.54, 1.807) is 0 Å². The monoisotopic (exact) mass is 375 g/mol. The van der Waals surface area contributed by atoms with Gasteiger partial charge in [0.2, 0.25) is 0 Å². The van der Waals surface area contributed by atoms with Gasteiger partial charge in [-0.2, -0.15) is 0 Å². The fourth-order valence-corrected chi connectivity index (χ4v) is 2.57. The molecule has 1 aliphatic heterocycles. The van der Waals surface area contributed by atoms with Crippen molar-refractivity contribution in [3.63, 3.8) is 0 Å². The fraction of sp³-hybridized carbons (Fsp3) is 0.308. The third kappa shape index (κ3) is 2.87. The topological polar surface area (TPSA) is 40.7 Å². The highest BCUT2D eigenvalue weighted by atomic mass is 127. The van der Waals surface area contributed by atoms with Crippen LogP contribution in [0.2, 0.25) is 0 Å². The molecule has 3 rings (SSSR count). The molecule has 1 saturated heterocycles. The Bertz CT molecular complexity index is 503. The third-order valence-electron chi connectivity index (χ3n) is 3.14. The summed E-state index contributed by atoms with van der Waals surface area (Å²) in [5.74, 6) is 1.07. The number of halogens is 2. The minimum absolute atomic E-state index is 0. The van der Waals surface area contributed by atoms with E-state index in [4.69, 9.17) is 0 Å². The third-order valence-corrected chi connectivity index (χ3v) is 3.86. The fourth-order valence-electron chi connectivity index (χ4n) is 2.21. The maximum Gasteiger partial charge on any atom is 0.123 e. The van der Waals surface area contributed by atoms with Crippen LogP contribution >= 0.6 is 35.0 Å². The molecule has 0 unspecified atom stereocenters. The highest BCUT2D eigenvalue weighted by molar-refractivity contribution is 14.1. The van der Waals surface area contributed by atoms with Crippen LogP contribution in [0.15, 0.2) is 30.5 Å². The molecular weight excluding hydrogens is 361 g/mol. The van der Waals surface area contributed by atoms with Crippen LogP contribution in [0.3, 0.4) is 0 Å². The summed E-state index contributed by atoms with van der Waals surface area (Å²) < 4.78 is 1.25.